The van der Waals surface area contributed by atoms with Crippen LogP contribution in [0.1, 0.15) is 40.9 Å². The molecule has 0 saturated carbocycles. The third-order valence-corrected chi connectivity index (χ3v) is 7.73. The first kappa shape index (κ1) is 27.1. The van der Waals surface area contributed by atoms with E-state index in [1.165, 1.54) is 0 Å². The minimum absolute atomic E-state index is 0.150. The Morgan fingerprint density at radius 1 is 0.829 bits per heavy atom. The normalized spacial score (nSPS) is 17.2. The highest BCUT2D eigenvalue weighted by Gasteiger charge is 2.42. The standard InChI is InChI=1S/C32H28Cl2N2O5/c1-37-27-11-9-20(13-29(27)38-2)25-17-26-23-15-22(33)16-24(34)31(23)41-32(36(26)35-25)21-10-12-28(30(14-21)39-3)40-18-19-7-5-4-6-8-19/h4-16,26,32H,17-18H2,1-3H3/t26-,32+/m1/s1. The zero-order valence-electron chi connectivity index (χ0n) is 22.8. The van der Waals surface area contributed by atoms with Gasteiger partial charge in [-0.15, -0.1) is 0 Å². The average molecular weight is 591 g/mol. The van der Waals surface area contributed by atoms with Gasteiger partial charge in [-0.05, 0) is 54.1 Å². The molecule has 4 aromatic rings. The van der Waals surface area contributed by atoms with Gasteiger partial charge in [0.2, 0.25) is 6.23 Å². The molecule has 2 heterocycles. The van der Waals surface area contributed by atoms with Crippen molar-refractivity contribution in [2.75, 3.05) is 21.3 Å². The van der Waals surface area contributed by atoms with Crippen molar-refractivity contribution in [2.24, 2.45) is 5.10 Å². The van der Waals surface area contributed by atoms with Gasteiger partial charge in [-0.1, -0.05) is 53.5 Å². The topological polar surface area (TPSA) is 61.8 Å². The molecule has 210 valence electrons. The fraction of sp³-hybridized carbons (Fsp3) is 0.219. The van der Waals surface area contributed by atoms with Crippen molar-refractivity contribution in [2.45, 2.75) is 25.3 Å². The lowest BCUT2D eigenvalue weighted by Crippen LogP contribution is -2.33. The number of fused-ring (bicyclic) bond motifs is 3. The van der Waals surface area contributed by atoms with Crippen LogP contribution in [0.5, 0.6) is 28.7 Å². The SMILES string of the molecule is COc1ccc(C2=NN3[C@H](C2)c2cc(Cl)cc(Cl)c2O[C@H]3c2ccc(OCc3ccccc3)c(OC)c2)cc1OC. The van der Waals surface area contributed by atoms with Gasteiger partial charge in [0.15, 0.2) is 23.0 Å². The number of benzene rings is 4. The molecule has 0 fully saturated rings. The molecule has 4 aromatic carbocycles. The van der Waals surface area contributed by atoms with Crippen molar-refractivity contribution in [3.8, 4) is 28.7 Å². The van der Waals surface area contributed by atoms with Crippen molar-refractivity contribution in [3.05, 3.63) is 111 Å². The Bertz CT molecular complexity index is 1610. The van der Waals surface area contributed by atoms with Crippen LogP contribution >= 0.6 is 23.2 Å². The summed E-state index contributed by atoms with van der Waals surface area (Å²) in [5, 5.41) is 8.00. The van der Waals surface area contributed by atoms with E-state index in [0.29, 0.717) is 51.8 Å². The minimum atomic E-state index is -0.569. The van der Waals surface area contributed by atoms with Gasteiger partial charge in [-0.25, -0.2) is 5.01 Å². The molecule has 6 rings (SSSR count). The maximum atomic E-state index is 6.66. The zero-order chi connectivity index (χ0) is 28.5. The Hall–Kier alpha value is -4.07. The highest BCUT2D eigenvalue weighted by Crippen LogP contribution is 2.51. The van der Waals surface area contributed by atoms with Crippen LogP contribution in [-0.2, 0) is 6.61 Å². The molecule has 2 aliphatic rings. The molecule has 0 aliphatic carbocycles. The van der Waals surface area contributed by atoms with Crippen LogP contribution in [0.2, 0.25) is 10.0 Å². The lowest BCUT2D eigenvalue weighted by molar-refractivity contribution is -0.0190. The Balaban J connectivity index is 1.37. The highest BCUT2D eigenvalue weighted by atomic mass is 35.5. The van der Waals surface area contributed by atoms with E-state index in [4.69, 9.17) is 52.0 Å². The highest BCUT2D eigenvalue weighted by molar-refractivity contribution is 6.35. The van der Waals surface area contributed by atoms with Crippen LogP contribution in [0.15, 0.2) is 84.0 Å². The van der Waals surface area contributed by atoms with Crippen LogP contribution < -0.4 is 23.7 Å². The van der Waals surface area contributed by atoms with Gasteiger partial charge in [-0.2, -0.15) is 5.10 Å². The van der Waals surface area contributed by atoms with Gasteiger partial charge < -0.3 is 23.7 Å². The number of nitrogens with zero attached hydrogens (tertiary/aromatic N) is 2. The summed E-state index contributed by atoms with van der Waals surface area (Å²) in [4.78, 5) is 0. The summed E-state index contributed by atoms with van der Waals surface area (Å²) in [6.45, 7) is 0.424. The maximum Gasteiger partial charge on any atom is 0.214 e. The first-order valence-corrected chi connectivity index (χ1v) is 13.8. The molecule has 7 nitrogen and oxygen atoms in total. The summed E-state index contributed by atoms with van der Waals surface area (Å²) in [6.07, 6.45) is 0.0508. The average Bonchev–Trinajstić information content (AvgIpc) is 3.46. The number of hydrogen-bond donors (Lipinski definition) is 0. The third-order valence-electron chi connectivity index (χ3n) is 7.23. The fourth-order valence-corrected chi connectivity index (χ4v) is 5.77. The second-order valence-electron chi connectivity index (χ2n) is 9.68. The molecule has 2 aliphatic heterocycles. The first-order valence-electron chi connectivity index (χ1n) is 13.1. The van der Waals surface area contributed by atoms with Crippen LogP contribution in [0, 0.1) is 0 Å². The molecule has 41 heavy (non-hydrogen) atoms. The van der Waals surface area contributed by atoms with Gasteiger partial charge in [0.25, 0.3) is 0 Å². The predicted octanol–water partition coefficient (Wildman–Crippen LogP) is 7.84. The van der Waals surface area contributed by atoms with E-state index in [0.717, 1.165) is 28.0 Å². The van der Waals surface area contributed by atoms with E-state index < -0.39 is 6.23 Å². The van der Waals surface area contributed by atoms with E-state index in [-0.39, 0.29) is 6.04 Å². The zero-order valence-corrected chi connectivity index (χ0v) is 24.3. The molecule has 0 amide bonds. The summed E-state index contributed by atoms with van der Waals surface area (Å²) in [6, 6.07) is 25.0. The molecule has 0 saturated heterocycles. The number of hydrogen-bond acceptors (Lipinski definition) is 7. The molecular formula is C32H28Cl2N2O5. The third kappa shape index (κ3) is 5.23. The van der Waals surface area contributed by atoms with Crippen molar-refractivity contribution in [3.63, 3.8) is 0 Å². The minimum Gasteiger partial charge on any atom is -0.493 e. The number of ether oxygens (including phenoxy) is 5. The monoisotopic (exact) mass is 590 g/mol. The van der Waals surface area contributed by atoms with E-state index in [2.05, 4.69) is 0 Å². The molecular weight excluding hydrogens is 563 g/mol. The quantitative estimate of drug-likeness (QED) is 0.208. The molecule has 0 aromatic heterocycles. The number of hydrazone groups is 1. The van der Waals surface area contributed by atoms with Crippen molar-refractivity contribution < 1.29 is 23.7 Å². The Kier molecular flexibility index (Phi) is 7.56. The van der Waals surface area contributed by atoms with Gasteiger partial charge in [0, 0.05) is 28.1 Å². The van der Waals surface area contributed by atoms with E-state index in [1.807, 2.05) is 77.8 Å². The van der Waals surface area contributed by atoms with Gasteiger partial charge in [-0.3, -0.25) is 0 Å². The Morgan fingerprint density at radius 2 is 1.56 bits per heavy atom. The largest absolute Gasteiger partial charge is 0.493 e. The lowest BCUT2D eigenvalue weighted by Gasteiger charge is -2.38. The maximum absolute atomic E-state index is 6.66. The molecule has 9 heteroatoms. The van der Waals surface area contributed by atoms with E-state index in [9.17, 15) is 0 Å². The fourth-order valence-electron chi connectivity index (χ4n) is 5.22. The molecule has 2 atom stereocenters. The molecule has 0 radical (unpaired) electrons. The number of rotatable bonds is 8. The van der Waals surface area contributed by atoms with Gasteiger partial charge in [0.1, 0.15) is 12.4 Å². The second-order valence-corrected chi connectivity index (χ2v) is 10.5. The summed E-state index contributed by atoms with van der Waals surface area (Å²) in [5.41, 5.74) is 4.59. The molecule has 0 bridgehead atoms. The molecule has 0 N–H and O–H groups in total. The lowest BCUT2D eigenvalue weighted by atomic mass is 9.95. The summed E-state index contributed by atoms with van der Waals surface area (Å²) in [5.74, 6) is 3.10. The first-order chi connectivity index (χ1) is 20.0. The van der Waals surface area contributed by atoms with Crippen LogP contribution in [0.3, 0.4) is 0 Å². The molecule has 0 unspecified atom stereocenters. The van der Waals surface area contributed by atoms with Crippen LogP contribution in [-0.4, -0.2) is 32.0 Å². The van der Waals surface area contributed by atoms with Crippen molar-refractivity contribution in [1.29, 1.82) is 0 Å². The number of halogens is 2. The summed E-state index contributed by atoms with van der Waals surface area (Å²) in [7, 11) is 4.85. The van der Waals surface area contributed by atoms with Crippen molar-refractivity contribution >= 4 is 28.9 Å². The van der Waals surface area contributed by atoms with Crippen LogP contribution in [0.25, 0.3) is 0 Å². The molecule has 0 spiro atoms. The smallest absolute Gasteiger partial charge is 0.214 e. The summed E-state index contributed by atoms with van der Waals surface area (Å²) >= 11 is 13.1. The predicted molar refractivity (Wildman–Crippen MR) is 159 cm³/mol. The van der Waals surface area contributed by atoms with Gasteiger partial charge in [0.05, 0.1) is 38.1 Å². The Labute approximate surface area is 248 Å². The Morgan fingerprint density at radius 3 is 2.32 bits per heavy atom. The number of methoxy groups -OCH3 is 3. The van der Waals surface area contributed by atoms with E-state index >= 15 is 0 Å². The second kappa shape index (κ2) is 11.4. The van der Waals surface area contributed by atoms with Gasteiger partial charge >= 0.3 is 0 Å². The summed E-state index contributed by atoms with van der Waals surface area (Å²) < 4.78 is 29.3. The van der Waals surface area contributed by atoms with E-state index in [1.54, 1.807) is 27.4 Å². The van der Waals surface area contributed by atoms with Crippen molar-refractivity contribution in [1.82, 2.24) is 5.01 Å². The van der Waals surface area contributed by atoms with Crippen LogP contribution in [0.4, 0.5) is 0 Å².